The smallest absolute Gasteiger partial charge is 0.257 e. The molecule has 32 heavy (non-hydrogen) atoms. The van der Waals surface area contributed by atoms with Crippen molar-refractivity contribution in [2.75, 3.05) is 50.0 Å². The molecule has 7 nitrogen and oxygen atoms in total. The third-order valence-electron chi connectivity index (χ3n) is 5.53. The molecule has 3 aromatic carbocycles. The predicted molar refractivity (Wildman–Crippen MR) is 126 cm³/mol. The molecule has 0 aromatic heterocycles. The number of carbonyl (C=O) groups is 1. The van der Waals surface area contributed by atoms with Crippen molar-refractivity contribution in [2.45, 2.75) is 0 Å². The van der Waals surface area contributed by atoms with Crippen molar-refractivity contribution in [1.29, 1.82) is 0 Å². The Bertz CT molecular complexity index is 1160. The summed E-state index contributed by atoms with van der Waals surface area (Å²) in [7, 11) is -3.42. The predicted octanol–water partition coefficient (Wildman–Crippen LogP) is 2.49. The molecule has 4 rings (SSSR count). The Morgan fingerprint density at radius 1 is 0.875 bits per heavy atom. The first kappa shape index (κ1) is 22.1. The highest BCUT2D eigenvalue weighted by Gasteiger charge is 2.26. The number of amides is 1. The zero-order valence-electron chi connectivity index (χ0n) is 17.8. The van der Waals surface area contributed by atoms with E-state index in [9.17, 15) is 13.2 Å². The molecule has 1 heterocycles. The fraction of sp³-hybridized carbons (Fsp3) is 0.292. The van der Waals surface area contributed by atoms with Gasteiger partial charge in [0.05, 0.1) is 5.75 Å². The maximum absolute atomic E-state index is 12.6. The number of fused-ring (bicyclic) bond motifs is 1. The van der Waals surface area contributed by atoms with E-state index in [0.29, 0.717) is 31.9 Å². The molecule has 1 fully saturated rings. The van der Waals surface area contributed by atoms with Crippen LogP contribution in [-0.2, 0) is 14.8 Å². The second-order valence-corrected chi connectivity index (χ2v) is 9.77. The van der Waals surface area contributed by atoms with Crippen LogP contribution in [0.25, 0.3) is 10.8 Å². The number of carbonyl (C=O) groups excluding carboxylic acids is 1. The molecule has 168 valence electrons. The highest BCUT2D eigenvalue weighted by molar-refractivity contribution is 7.89. The standard InChI is InChI=1S/C24H27N3O4S/c28-24(19-31-23-11-10-20-6-4-5-7-21(20)18-23)25-12-17-32(29,30)27-15-13-26(14-16-27)22-8-2-1-3-9-22/h1-11,18H,12-17,19H2,(H,25,28). The van der Waals surface area contributed by atoms with Gasteiger partial charge in [0.1, 0.15) is 5.75 Å². The van der Waals surface area contributed by atoms with E-state index in [1.54, 1.807) is 0 Å². The maximum Gasteiger partial charge on any atom is 0.257 e. The van der Waals surface area contributed by atoms with Crippen LogP contribution in [0.3, 0.4) is 0 Å². The second kappa shape index (κ2) is 10.0. The van der Waals surface area contributed by atoms with E-state index in [1.165, 1.54) is 4.31 Å². The molecule has 3 aromatic rings. The van der Waals surface area contributed by atoms with Crippen LogP contribution in [-0.4, -0.2) is 63.7 Å². The van der Waals surface area contributed by atoms with E-state index < -0.39 is 10.0 Å². The molecule has 0 unspecified atom stereocenters. The van der Waals surface area contributed by atoms with Gasteiger partial charge in [-0.05, 0) is 35.0 Å². The van der Waals surface area contributed by atoms with Crippen molar-refractivity contribution in [3.63, 3.8) is 0 Å². The number of para-hydroxylation sites is 1. The molecule has 0 atom stereocenters. The molecule has 0 spiro atoms. The van der Waals surface area contributed by atoms with Crippen molar-refractivity contribution in [2.24, 2.45) is 0 Å². The van der Waals surface area contributed by atoms with Gasteiger partial charge in [0.15, 0.2) is 6.61 Å². The Morgan fingerprint density at radius 2 is 1.56 bits per heavy atom. The summed E-state index contributed by atoms with van der Waals surface area (Å²) in [5, 5.41) is 4.77. The Kier molecular flexibility index (Phi) is 6.92. The van der Waals surface area contributed by atoms with Gasteiger partial charge in [-0.1, -0.05) is 48.5 Å². The Hall–Kier alpha value is -3.10. The topological polar surface area (TPSA) is 78.9 Å². The number of nitrogens with zero attached hydrogens (tertiary/aromatic N) is 2. The summed E-state index contributed by atoms with van der Waals surface area (Å²) in [6.07, 6.45) is 0. The Balaban J connectivity index is 1.20. The number of hydrogen-bond donors (Lipinski definition) is 1. The van der Waals surface area contributed by atoms with E-state index in [2.05, 4.69) is 10.2 Å². The molecular formula is C24H27N3O4S. The van der Waals surface area contributed by atoms with E-state index >= 15 is 0 Å². The quantitative estimate of drug-likeness (QED) is 0.567. The lowest BCUT2D eigenvalue weighted by atomic mass is 10.1. The number of rotatable bonds is 8. The number of nitrogens with one attached hydrogen (secondary N) is 1. The minimum Gasteiger partial charge on any atom is -0.484 e. The number of sulfonamides is 1. The van der Waals surface area contributed by atoms with Crippen molar-refractivity contribution >= 4 is 32.4 Å². The third kappa shape index (κ3) is 5.57. The van der Waals surface area contributed by atoms with E-state index in [0.717, 1.165) is 16.5 Å². The van der Waals surface area contributed by atoms with Gasteiger partial charge in [0, 0.05) is 38.4 Å². The van der Waals surface area contributed by atoms with Crippen LogP contribution in [0.5, 0.6) is 5.75 Å². The first-order valence-corrected chi connectivity index (χ1v) is 12.3. The average Bonchev–Trinajstić information content (AvgIpc) is 2.83. The molecule has 0 aliphatic carbocycles. The summed E-state index contributed by atoms with van der Waals surface area (Å²) < 4.78 is 32.3. The zero-order valence-corrected chi connectivity index (χ0v) is 18.6. The first-order valence-electron chi connectivity index (χ1n) is 10.7. The van der Waals surface area contributed by atoms with Crippen molar-refractivity contribution in [3.8, 4) is 5.75 Å². The largest absolute Gasteiger partial charge is 0.484 e. The minimum absolute atomic E-state index is 0.0567. The van der Waals surface area contributed by atoms with Gasteiger partial charge in [-0.15, -0.1) is 0 Å². The molecule has 0 bridgehead atoms. The van der Waals surface area contributed by atoms with Crippen LogP contribution in [0.2, 0.25) is 0 Å². The Labute approximate surface area is 188 Å². The lowest BCUT2D eigenvalue weighted by Gasteiger charge is -2.35. The third-order valence-corrected chi connectivity index (χ3v) is 7.40. The average molecular weight is 454 g/mol. The highest BCUT2D eigenvalue weighted by Crippen LogP contribution is 2.20. The molecule has 1 saturated heterocycles. The van der Waals surface area contributed by atoms with E-state index in [4.69, 9.17) is 4.74 Å². The van der Waals surface area contributed by atoms with Gasteiger partial charge >= 0.3 is 0 Å². The van der Waals surface area contributed by atoms with Crippen molar-refractivity contribution in [1.82, 2.24) is 9.62 Å². The summed E-state index contributed by atoms with van der Waals surface area (Å²) in [4.78, 5) is 14.3. The SMILES string of the molecule is O=C(COc1ccc2ccccc2c1)NCCS(=O)(=O)N1CCN(c2ccccc2)CC1. The maximum atomic E-state index is 12.6. The van der Waals surface area contributed by atoms with Crippen LogP contribution >= 0.6 is 0 Å². The van der Waals surface area contributed by atoms with Crippen molar-refractivity contribution < 1.29 is 17.9 Å². The molecular weight excluding hydrogens is 426 g/mol. The highest BCUT2D eigenvalue weighted by atomic mass is 32.2. The first-order chi connectivity index (χ1) is 15.5. The monoisotopic (exact) mass is 453 g/mol. The zero-order chi connectivity index (χ0) is 22.4. The summed E-state index contributed by atoms with van der Waals surface area (Å²) in [6, 6.07) is 23.5. The lowest BCUT2D eigenvalue weighted by Crippen LogP contribution is -2.50. The number of piperazine rings is 1. The number of benzene rings is 3. The van der Waals surface area contributed by atoms with Crippen molar-refractivity contribution in [3.05, 3.63) is 72.8 Å². The van der Waals surface area contributed by atoms with Gasteiger partial charge in [-0.3, -0.25) is 4.79 Å². The van der Waals surface area contributed by atoms with Crippen LogP contribution in [0.1, 0.15) is 0 Å². The van der Waals surface area contributed by atoms with Crippen LogP contribution in [0.15, 0.2) is 72.8 Å². The molecule has 0 saturated carbocycles. The summed E-state index contributed by atoms with van der Waals surface area (Å²) in [6.45, 7) is 2.08. The lowest BCUT2D eigenvalue weighted by molar-refractivity contribution is -0.122. The molecule has 8 heteroatoms. The normalized spacial score (nSPS) is 14.9. The molecule has 1 aliphatic heterocycles. The molecule has 1 amide bonds. The van der Waals surface area contributed by atoms with Crippen LogP contribution < -0.4 is 15.0 Å². The molecule has 0 radical (unpaired) electrons. The summed E-state index contributed by atoms with van der Waals surface area (Å²) in [5.74, 6) is 0.130. The van der Waals surface area contributed by atoms with Crippen LogP contribution in [0, 0.1) is 0 Å². The summed E-state index contributed by atoms with van der Waals surface area (Å²) in [5.41, 5.74) is 1.10. The fourth-order valence-corrected chi connectivity index (χ4v) is 5.11. The van der Waals surface area contributed by atoms with Gasteiger partial charge in [0.25, 0.3) is 5.91 Å². The van der Waals surface area contributed by atoms with Gasteiger partial charge in [0.2, 0.25) is 10.0 Å². The number of anilines is 1. The summed E-state index contributed by atoms with van der Waals surface area (Å²) >= 11 is 0. The molecule has 1 N–H and O–H groups in total. The minimum atomic E-state index is -3.42. The number of hydrogen-bond acceptors (Lipinski definition) is 5. The van der Waals surface area contributed by atoms with Gasteiger partial charge < -0.3 is 15.0 Å². The van der Waals surface area contributed by atoms with E-state index in [1.807, 2.05) is 72.8 Å². The fourth-order valence-electron chi connectivity index (χ4n) is 3.77. The van der Waals surface area contributed by atoms with Gasteiger partial charge in [-0.2, -0.15) is 4.31 Å². The molecule has 1 aliphatic rings. The number of ether oxygens (including phenoxy) is 1. The van der Waals surface area contributed by atoms with Crippen LogP contribution in [0.4, 0.5) is 5.69 Å². The Morgan fingerprint density at radius 3 is 2.31 bits per heavy atom. The van der Waals surface area contributed by atoms with Gasteiger partial charge in [-0.25, -0.2) is 8.42 Å². The second-order valence-electron chi connectivity index (χ2n) is 7.69. The van der Waals surface area contributed by atoms with E-state index in [-0.39, 0.29) is 24.8 Å².